The molecule has 2 heterocycles. The van der Waals surface area contributed by atoms with E-state index in [-0.39, 0.29) is 0 Å². The van der Waals surface area contributed by atoms with Gasteiger partial charge in [0.15, 0.2) is 0 Å². The van der Waals surface area contributed by atoms with Crippen LogP contribution >= 0.6 is 11.3 Å². The molecule has 0 spiro atoms. The summed E-state index contributed by atoms with van der Waals surface area (Å²) in [6.45, 7) is 9.21. The molecule has 3 rings (SSSR count). The largest absolute Gasteiger partial charge is 0.314 e. The Bertz CT molecular complexity index is 563. The van der Waals surface area contributed by atoms with E-state index in [2.05, 4.69) is 53.7 Å². The van der Waals surface area contributed by atoms with E-state index < -0.39 is 0 Å². The van der Waals surface area contributed by atoms with Crippen LogP contribution in [-0.2, 0) is 6.54 Å². The van der Waals surface area contributed by atoms with Gasteiger partial charge in [0.05, 0.1) is 0 Å². The van der Waals surface area contributed by atoms with Crippen LogP contribution in [0.5, 0.6) is 0 Å². The van der Waals surface area contributed by atoms with Gasteiger partial charge in [0.2, 0.25) is 0 Å². The zero-order chi connectivity index (χ0) is 13.9. The predicted molar refractivity (Wildman–Crippen MR) is 88.3 cm³/mol. The summed E-state index contributed by atoms with van der Waals surface area (Å²) >= 11 is 1.88. The molecule has 2 aromatic rings. The zero-order valence-electron chi connectivity index (χ0n) is 12.4. The van der Waals surface area contributed by atoms with Crippen LogP contribution in [0.4, 0.5) is 0 Å². The molecule has 0 radical (unpaired) electrons. The molecule has 2 nitrogen and oxygen atoms in total. The molecule has 1 aromatic heterocycles. The minimum absolute atomic E-state index is 0.674. The van der Waals surface area contributed by atoms with Crippen LogP contribution < -0.4 is 5.32 Å². The summed E-state index contributed by atoms with van der Waals surface area (Å²) in [4.78, 5) is 2.68. The Morgan fingerprint density at radius 1 is 1.40 bits per heavy atom. The molecule has 1 N–H and O–H groups in total. The second-order valence-corrected chi connectivity index (χ2v) is 6.80. The third-order valence-electron chi connectivity index (χ3n) is 4.63. The third kappa shape index (κ3) is 2.76. The van der Waals surface area contributed by atoms with Gasteiger partial charge in [0.1, 0.15) is 0 Å². The summed E-state index contributed by atoms with van der Waals surface area (Å²) in [6.07, 6.45) is 1.26. The maximum Gasteiger partial charge on any atom is 0.0346 e. The van der Waals surface area contributed by atoms with Crippen molar-refractivity contribution in [2.24, 2.45) is 5.92 Å². The molecule has 0 amide bonds. The van der Waals surface area contributed by atoms with Gasteiger partial charge in [-0.3, -0.25) is 4.90 Å². The lowest BCUT2D eigenvalue weighted by molar-refractivity contribution is 0.109. The van der Waals surface area contributed by atoms with Gasteiger partial charge in [-0.15, -0.1) is 11.3 Å². The maximum atomic E-state index is 3.56. The van der Waals surface area contributed by atoms with Crippen molar-refractivity contribution in [2.45, 2.75) is 32.9 Å². The van der Waals surface area contributed by atoms with Crippen LogP contribution in [0.1, 0.15) is 25.8 Å². The van der Waals surface area contributed by atoms with Gasteiger partial charge >= 0.3 is 0 Å². The van der Waals surface area contributed by atoms with Crippen molar-refractivity contribution in [2.75, 3.05) is 19.6 Å². The minimum Gasteiger partial charge on any atom is -0.314 e. The SMILES string of the molecule is CCC(C)C1CNCCN1Cc1csc2ccccc12. The molecular weight excluding hydrogens is 264 g/mol. The van der Waals surface area contributed by atoms with Crippen LogP contribution in [0.15, 0.2) is 29.6 Å². The zero-order valence-corrected chi connectivity index (χ0v) is 13.2. The average Bonchev–Trinajstić information content (AvgIpc) is 2.90. The molecule has 0 saturated carbocycles. The number of benzene rings is 1. The van der Waals surface area contributed by atoms with Crippen LogP contribution in [0, 0.1) is 5.92 Å². The topological polar surface area (TPSA) is 15.3 Å². The van der Waals surface area contributed by atoms with Gasteiger partial charge in [0, 0.05) is 36.9 Å². The quantitative estimate of drug-likeness (QED) is 0.922. The molecule has 0 aliphatic carbocycles. The molecule has 1 saturated heterocycles. The number of fused-ring (bicyclic) bond motifs is 1. The highest BCUT2D eigenvalue weighted by atomic mass is 32.1. The number of rotatable bonds is 4. The minimum atomic E-state index is 0.674. The van der Waals surface area contributed by atoms with Crippen LogP contribution in [0.3, 0.4) is 0 Å². The van der Waals surface area contributed by atoms with E-state index in [0.29, 0.717) is 6.04 Å². The van der Waals surface area contributed by atoms with E-state index in [1.807, 2.05) is 11.3 Å². The number of nitrogens with one attached hydrogen (secondary N) is 1. The summed E-state index contributed by atoms with van der Waals surface area (Å²) < 4.78 is 1.41. The van der Waals surface area contributed by atoms with Crippen molar-refractivity contribution in [1.82, 2.24) is 10.2 Å². The number of hydrogen-bond donors (Lipinski definition) is 1. The summed E-state index contributed by atoms with van der Waals surface area (Å²) in [7, 11) is 0. The van der Waals surface area contributed by atoms with Crippen molar-refractivity contribution < 1.29 is 0 Å². The number of nitrogens with zero attached hydrogens (tertiary/aromatic N) is 1. The van der Waals surface area contributed by atoms with E-state index in [1.165, 1.54) is 28.6 Å². The summed E-state index contributed by atoms with van der Waals surface area (Å²) in [5.74, 6) is 0.757. The highest BCUT2D eigenvalue weighted by molar-refractivity contribution is 7.17. The van der Waals surface area contributed by atoms with Crippen molar-refractivity contribution in [3.8, 4) is 0 Å². The highest BCUT2D eigenvalue weighted by Crippen LogP contribution is 2.28. The van der Waals surface area contributed by atoms with Crippen molar-refractivity contribution >= 4 is 21.4 Å². The molecule has 1 aromatic carbocycles. The summed E-state index contributed by atoms with van der Waals surface area (Å²) in [5.41, 5.74) is 1.50. The Labute approximate surface area is 125 Å². The smallest absolute Gasteiger partial charge is 0.0346 e. The number of thiophene rings is 1. The standard InChI is InChI=1S/C17H24N2S/c1-3-13(2)16-10-18-8-9-19(16)11-14-12-20-17-7-5-4-6-15(14)17/h4-7,12-13,16,18H,3,8-11H2,1-2H3. The van der Waals surface area contributed by atoms with E-state index >= 15 is 0 Å². The van der Waals surface area contributed by atoms with Gasteiger partial charge < -0.3 is 5.32 Å². The monoisotopic (exact) mass is 288 g/mol. The molecule has 20 heavy (non-hydrogen) atoms. The molecule has 2 unspecified atom stereocenters. The van der Waals surface area contributed by atoms with Gasteiger partial charge in [-0.05, 0) is 28.3 Å². The lowest BCUT2D eigenvalue weighted by Crippen LogP contribution is -2.53. The molecule has 1 aliphatic rings. The van der Waals surface area contributed by atoms with E-state index in [1.54, 1.807) is 0 Å². The molecule has 108 valence electrons. The molecule has 1 fully saturated rings. The molecule has 2 atom stereocenters. The lowest BCUT2D eigenvalue weighted by Gasteiger charge is -2.39. The highest BCUT2D eigenvalue weighted by Gasteiger charge is 2.26. The average molecular weight is 288 g/mol. The summed E-state index contributed by atoms with van der Waals surface area (Å²) in [5, 5.41) is 7.35. The van der Waals surface area contributed by atoms with Crippen molar-refractivity contribution in [3.05, 3.63) is 35.2 Å². The fourth-order valence-corrected chi connectivity index (χ4v) is 4.12. The Morgan fingerprint density at radius 3 is 3.10 bits per heavy atom. The Kier molecular flexibility index (Phi) is 4.39. The van der Waals surface area contributed by atoms with Crippen molar-refractivity contribution in [3.63, 3.8) is 0 Å². The van der Waals surface area contributed by atoms with Gasteiger partial charge in [-0.1, -0.05) is 38.5 Å². The van der Waals surface area contributed by atoms with Gasteiger partial charge in [0.25, 0.3) is 0 Å². The molecule has 3 heteroatoms. The first-order valence-corrected chi connectivity index (χ1v) is 8.57. The first-order chi connectivity index (χ1) is 9.79. The first kappa shape index (κ1) is 14.1. The number of piperazine rings is 1. The second-order valence-electron chi connectivity index (χ2n) is 5.88. The first-order valence-electron chi connectivity index (χ1n) is 7.69. The fraction of sp³-hybridized carbons (Fsp3) is 0.529. The van der Waals surface area contributed by atoms with Gasteiger partial charge in [-0.25, -0.2) is 0 Å². The molecular formula is C17H24N2S. The van der Waals surface area contributed by atoms with Crippen molar-refractivity contribution in [1.29, 1.82) is 0 Å². The lowest BCUT2D eigenvalue weighted by atomic mass is 9.95. The summed E-state index contributed by atoms with van der Waals surface area (Å²) in [6, 6.07) is 9.46. The van der Waals surface area contributed by atoms with Gasteiger partial charge in [-0.2, -0.15) is 0 Å². The van der Waals surface area contributed by atoms with E-state index in [0.717, 1.165) is 25.6 Å². The van der Waals surface area contributed by atoms with E-state index in [4.69, 9.17) is 0 Å². The predicted octanol–water partition coefficient (Wildman–Crippen LogP) is 3.72. The second kappa shape index (κ2) is 6.25. The Morgan fingerprint density at radius 2 is 2.25 bits per heavy atom. The van der Waals surface area contributed by atoms with Crippen LogP contribution in [0.2, 0.25) is 0 Å². The van der Waals surface area contributed by atoms with E-state index in [9.17, 15) is 0 Å². The molecule has 0 bridgehead atoms. The Balaban J connectivity index is 1.81. The molecule has 1 aliphatic heterocycles. The number of hydrogen-bond acceptors (Lipinski definition) is 3. The van der Waals surface area contributed by atoms with Crippen LogP contribution in [-0.4, -0.2) is 30.6 Å². The maximum absolute atomic E-state index is 3.56. The fourth-order valence-electron chi connectivity index (χ4n) is 3.17. The van der Waals surface area contributed by atoms with Crippen LogP contribution in [0.25, 0.3) is 10.1 Å². The normalized spacial score (nSPS) is 22.2. The Hall–Kier alpha value is -0.900. The third-order valence-corrected chi connectivity index (χ3v) is 5.65.